The molecule has 0 atom stereocenters. The third-order valence-corrected chi connectivity index (χ3v) is 5.83. The summed E-state index contributed by atoms with van der Waals surface area (Å²) in [5, 5.41) is 13.2. The first-order valence-corrected chi connectivity index (χ1v) is 10.4. The first-order chi connectivity index (χ1) is 13.6. The normalized spacial score (nSPS) is 15.6. The van der Waals surface area contributed by atoms with E-state index in [1.807, 2.05) is 0 Å². The second kappa shape index (κ2) is 7.86. The molecule has 0 spiro atoms. The summed E-state index contributed by atoms with van der Waals surface area (Å²) >= 11 is 0. The third kappa shape index (κ3) is 4.42. The highest BCUT2D eigenvalue weighted by Gasteiger charge is 2.37. The summed E-state index contributed by atoms with van der Waals surface area (Å²) in [6.07, 6.45) is 0.874. The van der Waals surface area contributed by atoms with Gasteiger partial charge in [0, 0.05) is 6.54 Å². The maximum Gasteiger partial charge on any atom is 0.326 e. The average molecular weight is 425 g/mol. The molecule has 0 saturated carbocycles. The first kappa shape index (κ1) is 20.8. The molecular weight excluding hydrogens is 404 g/mol. The summed E-state index contributed by atoms with van der Waals surface area (Å²) in [6, 6.07) is 6.38. The van der Waals surface area contributed by atoms with Crippen molar-refractivity contribution >= 4 is 27.5 Å². The van der Waals surface area contributed by atoms with Gasteiger partial charge in [-0.2, -0.15) is 8.42 Å². The molecular formula is C19H21F2N3O4S. The molecule has 0 aliphatic carbocycles. The van der Waals surface area contributed by atoms with Crippen molar-refractivity contribution < 1.29 is 27.1 Å². The van der Waals surface area contributed by atoms with Gasteiger partial charge in [-0.05, 0) is 47.7 Å². The van der Waals surface area contributed by atoms with Crippen LogP contribution in [0.25, 0.3) is 11.1 Å². The minimum absolute atomic E-state index is 0.160. The highest BCUT2D eigenvalue weighted by Crippen LogP contribution is 2.38. The number of nitrogens with zero attached hydrogens (tertiary/aromatic N) is 1. The summed E-state index contributed by atoms with van der Waals surface area (Å²) in [5.41, 5.74) is 0.131. The highest BCUT2D eigenvalue weighted by atomic mass is 32.2. The van der Waals surface area contributed by atoms with Crippen LogP contribution in [0.4, 0.5) is 20.2 Å². The van der Waals surface area contributed by atoms with Gasteiger partial charge in [0.2, 0.25) is 0 Å². The van der Waals surface area contributed by atoms with E-state index in [4.69, 9.17) is 0 Å². The first-order valence-electron chi connectivity index (χ1n) is 8.98. The molecule has 2 aromatic rings. The van der Waals surface area contributed by atoms with Crippen LogP contribution in [0.3, 0.4) is 0 Å². The van der Waals surface area contributed by atoms with Gasteiger partial charge in [-0.15, -0.1) is 0 Å². The highest BCUT2D eigenvalue weighted by molar-refractivity contribution is 7.92. The van der Waals surface area contributed by atoms with Crippen LogP contribution in [-0.2, 0) is 15.0 Å². The van der Waals surface area contributed by atoms with Crippen molar-refractivity contribution in [2.24, 2.45) is 5.92 Å². The van der Waals surface area contributed by atoms with Crippen LogP contribution in [0.1, 0.15) is 20.3 Å². The molecule has 29 heavy (non-hydrogen) atoms. The predicted molar refractivity (Wildman–Crippen MR) is 106 cm³/mol. The van der Waals surface area contributed by atoms with E-state index in [-0.39, 0.29) is 5.56 Å². The number of phenolic OH excluding ortho intramolecular Hbond substituents is 1. The number of phenols is 1. The molecule has 2 aromatic carbocycles. The molecule has 0 radical (unpaired) electrons. The largest absolute Gasteiger partial charge is 0.506 e. The van der Waals surface area contributed by atoms with Gasteiger partial charge in [-0.3, -0.25) is 4.79 Å². The van der Waals surface area contributed by atoms with E-state index < -0.39 is 45.7 Å². The van der Waals surface area contributed by atoms with Crippen molar-refractivity contribution in [1.29, 1.82) is 0 Å². The van der Waals surface area contributed by atoms with Crippen molar-refractivity contribution in [3.8, 4) is 16.9 Å². The minimum atomic E-state index is -4.27. The SMILES string of the molecule is CC(C)CCNc1ccc(-c2cc(O)c(N3CC(=O)NS3(=O)=O)c(F)c2)cc1F. The lowest BCUT2D eigenvalue weighted by Crippen LogP contribution is -2.30. The zero-order valence-corrected chi connectivity index (χ0v) is 16.7. The van der Waals surface area contributed by atoms with Crippen LogP contribution in [-0.4, -0.2) is 32.5 Å². The van der Waals surface area contributed by atoms with Crippen molar-refractivity contribution in [1.82, 2.24) is 4.72 Å². The van der Waals surface area contributed by atoms with E-state index in [0.717, 1.165) is 18.6 Å². The summed E-state index contributed by atoms with van der Waals surface area (Å²) in [4.78, 5) is 11.4. The Morgan fingerprint density at radius 3 is 2.41 bits per heavy atom. The smallest absolute Gasteiger partial charge is 0.326 e. The Morgan fingerprint density at radius 1 is 1.17 bits per heavy atom. The average Bonchev–Trinajstić information content (AvgIpc) is 2.87. The van der Waals surface area contributed by atoms with Crippen LogP contribution in [0.5, 0.6) is 5.75 Å². The van der Waals surface area contributed by atoms with Crippen LogP contribution in [0, 0.1) is 17.6 Å². The second-order valence-corrected chi connectivity index (χ2v) is 8.76. The van der Waals surface area contributed by atoms with Crippen molar-refractivity contribution in [3.63, 3.8) is 0 Å². The molecule has 0 bridgehead atoms. The van der Waals surface area contributed by atoms with E-state index >= 15 is 0 Å². The van der Waals surface area contributed by atoms with Gasteiger partial charge < -0.3 is 10.4 Å². The molecule has 1 saturated heterocycles. The van der Waals surface area contributed by atoms with E-state index in [1.165, 1.54) is 12.1 Å². The topological polar surface area (TPSA) is 98.7 Å². The van der Waals surface area contributed by atoms with Crippen molar-refractivity contribution in [3.05, 3.63) is 42.0 Å². The number of aromatic hydroxyl groups is 1. The molecule has 10 heteroatoms. The van der Waals surface area contributed by atoms with Crippen LogP contribution in [0.2, 0.25) is 0 Å². The molecule has 7 nitrogen and oxygen atoms in total. The zero-order valence-electron chi connectivity index (χ0n) is 15.9. The number of carbonyl (C=O) groups excluding carboxylic acids is 1. The molecule has 0 aromatic heterocycles. The van der Waals surface area contributed by atoms with Crippen LogP contribution in [0.15, 0.2) is 30.3 Å². The number of hydrogen-bond donors (Lipinski definition) is 3. The molecule has 1 amide bonds. The Hall–Kier alpha value is -2.88. The lowest BCUT2D eigenvalue weighted by atomic mass is 10.0. The number of amides is 1. The quantitative estimate of drug-likeness (QED) is 0.661. The number of rotatable bonds is 6. The molecule has 1 heterocycles. The van der Waals surface area contributed by atoms with Gasteiger partial charge in [-0.1, -0.05) is 19.9 Å². The third-order valence-electron chi connectivity index (χ3n) is 4.45. The van der Waals surface area contributed by atoms with Gasteiger partial charge in [-0.25, -0.2) is 17.8 Å². The van der Waals surface area contributed by atoms with Crippen LogP contribution < -0.4 is 14.3 Å². The van der Waals surface area contributed by atoms with Gasteiger partial charge in [0.15, 0.2) is 5.82 Å². The van der Waals surface area contributed by atoms with Gasteiger partial charge in [0.25, 0.3) is 5.91 Å². The van der Waals surface area contributed by atoms with E-state index in [9.17, 15) is 27.1 Å². The summed E-state index contributed by atoms with van der Waals surface area (Å²) in [6.45, 7) is 4.09. The minimum Gasteiger partial charge on any atom is -0.506 e. The number of benzene rings is 2. The lowest BCUT2D eigenvalue weighted by molar-refractivity contribution is -0.117. The fourth-order valence-corrected chi connectivity index (χ4v) is 4.15. The lowest BCUT2D eigenvalue weighted by Gasteiger charge is -2.18. The summed E-state index contributed by atoms with van der Waals surface area (Å²) < 4.78 is 55.0. The number of nitrogens with one attached hydrogen (secondary N) is 2. The van der Waals surface area contributed by atoms with Crippen molar-refractivity contribution in [2.45, 2.75) is 20.3 Å². The maximum absolute atomic E-state index is 14.6. The molecule has 1 aliphatic heterocycles. The number of anilines is 2. The van der Waals surface area contributed by atoms with Gasteiger partial charge in [0.05, 0.1) is 5.69 Å². The molecule has 0 unspecified atom stereocenters. The fraction of sp³-hybridized carbons (Fsp3) is 0.316. The van der Waals surface area contributed by atoms with Gasteiger partial charge in [0.1, 0.15) is 23.8 Å². The Bertz CT molecular complexity index is 1030. The molecule has 1 aliphatic rings. The maximum atomic E-state index is 14.6. The molecule has 1 fully saturated rings. The number of carbonyl (C=O) groups is 1. The summed E-state index contributed by atoms with van der Waals surface area (Å²) in [7, 11) is -4.27. The summed E-state index contributed by atoms with van der Waals surface area (Å²) in [5.74, 6) is -2.64. The van der Waals surface area contributed by atoms with Gasteiger partial charge >= 0.3 is 10.2 Å². The fourth-order valence-electron chi connectivity index (χ4n) is 2.98. The standard InChI is InChI=1S/C19H21F2N3O4S/c1-11(2)5-6-22-16-4-3-12(7-14(16)20)13-8-15(21)19(17(25)9-13)24-10-18(26)23-29(24,27)28/h3-4,7-9,11,22,25H,5-6,10H2,1-2H3,(H,23,26). The molecule has 156 valence electrons. The van der Waals surface area contributed by atoms with E-state index in [2.05, 4.69) is 19.2 Å². The number of hydrogen-bond acceptors (Lipinski definition) is 5. The molecule has 3 rings (SSSR count). The zero-order chi connectivity index (χ0) is 21.3. The van der Waals surface area contributed by atoms with Crippen LogP contribution >= 0.6 is 0 Å². The molecule has 3 N–H and O–H groups in total. The Kier molecular flexibility index (Phi) is 5.65. The van der Waals surface area contributed by atoms with Crippen molar-refractivity contribution in [2.75, 3.05) is 22.7 Å². The Morgan fingerprint density at radius 2 is 1.86 bits per heavy atom. The Labute approximate surface area is 167 Å². The monoisotopic (exact) mass is 425 g/mol. The van der Waals surface area contributed by atoms with E-state index in [1.54, 1.807) is 10.8 Å². The predicted octanol–water partition coefficient (Wildman–Crippen LogP) is 2.98. The number of halogens is 2. The second-order valence-electron chi connectivity index (χ2n) is 7.17. The Balaban J connectivity index is 1.89. The van der Waals surface area contributed by atoms with E-state index in [0.29, 0.717) is 28.0 Å².